The van der Waals surface area contributed by atoms with E-state index in [-0.39, 0.29) is 0 Å². The third-order valence-electron chi connectivity index (χ3n) is 3.22. The average Bonchev–Trinajstić information content (AvgIpc) is 2.77. The number of fused-ring (bicyclic) bond motifs is 1. The standard InChI is InChI=1S/C15H20N2O2/c1-10(2)7-14(15(18)19)17-9-11-8-16-13-6-4-3-5-12(11)13/h3-6,8,10,14,16-17H,7,9H2,1-2H3,(H,18,19)/t14-/m0/s1. The van der Waals surface area contributed by atoms with Crippen LogP contribution in [-0.4, -0.2) is 22.1 Å². The van der Waals surface area contributed by atoms with Crippen molar-refractivity contribution >= 4 is 16.9 Å². The molecule has 0 fully saturated rings. The number of aromatic nitrogens is 1. The molecule has 3 N–H and O–H groups in total. The Hall–Kier alpha value is -1.81. The molecule has 0 spiro atoms. The van der Waals surface area contributed by atoms with Crippen LogP contribution >= 0.6 is 0 Å². The highest BCUT2D eigenvalue weighted by Gasteiger charge is 2.18. The van der Waals surface area contributed by atoms with E-state index in [1.807, 2.05) is 44.3 Å². The Morgan fingerprint density at radius 3 is 2.79 bits per heavy atom. The van der Waals surface area contributed by atoms with E-state index >= 15 is 0 Å². The molecule has 2 rings (SSSR count). The van der Waals surface area contributed by atoms with Gasteiger partial charge in [0.25, 0.3) is 0 Å². The fourth-order valence-corrected chi connectivity index (χ4v) is 2.25. The van der Waals surface area contributed by atoms with E-state index in [1.54, 1.807) is 0 Å². The van der Waals surface area contributed by atoms with E-state index in [9.17, 15) is 9.90 Å². The number of carboxylic acids is 1. The van der Waals surface area contributed by atoms with E-state index < -0.39 is 12.0 Å². The van der Waals surface area contributed by atoms with Crippen LogP contribution in [0.1, 0.15) is 25.8 Å². The van der Waals surface area contributed by atoms with Gasteiger partial charge in [0.15, 0.2) is 0 Å². The Balaban J connectivity index is 2.06. The van der Waals surface area contributed by atoms with Crippen molar-refractivity contribution in [1.82, 2.24) is 10.3 Å². The van der Waals surface area contributed by atoms with E-state index in [1.165, 1.54) is 0 Å². The van der Waals surface area contributed by atoms with Crippen LogP contribution in [0.25, 0.3) is 10.9 Å². The monoisotopic (exact) mass is 260 g/mol. The van der Waals surface area contributed by atoms with Gasteiger partial charge in [-0.15, -0.1) is 0 Å². The molecule has 0 aliphatic heterocycles. The first kappa shape index (κ1) is 13.6. The number of carboxylic acid groups (broad SMARTS) is 1. The summed E-state index contributed by atoms with van der Waals surface area (Å²) < 4.78 is 0. The van der Waals surface area contributed by atoms with E-state index in [0.717, 1.165) is 16.5 Å². The summed E-state index contributed by atoms with van der Waals surface area (Å²) in [4.78, 5) is 14.4. The lowest BCUT2D eigenvalue weighted by atomic mass is 10.0. The zero-order valence-electron chi connectivity index (χ0n) is 11.3. The third-order valence-corrected chi connectivity index (χ3v) is 3.22. The van der Waals surface area contributed by atoms with Crippen molar-refractivity contribution in [2.45, 2.75) is 32.9 Å². The molecule has 0 saturated heterocycles. The van der Waals surface area contributed by atoms with Crippen molar-refractivity contribution in [3.8, 4) is 0 Å². The molecule has 0 unspecified atom stereocenters. The molecule has 1 aromatic heterocycles. The quantitative estimate of drug-likeness (QED) is 0.748. The number of benzene rings is 1. The number of aromatic amines is 1. The zero-order chi connectivity index (χ0) is 13.8. The van der Waals surface area contributed by atoms with Crippen molar-refractivity contribution in [3.05, 3.63) is 36.0 Å². The topological polar surface area (TPSA) is 65.1 Å². The summed E-state index contributed by atoms with van der Waals surface area (Å²) in [7, 11) is 0. The summed E-state index contributed by atoms with van der Waals surface area (Å²) in [6.07, 6.45) is 2.57. The van der Waals surface area contributed by atoms with Crippen LogP contribution in [0.15, 0.2) is 30.5 Å². The van der Waals surface area contributed by atoms with Gasteiger partial charge in [-0.2, -0.15) is 0 Å². The van der Waals surface area contributed by atoms with Crippen LogP contribution in [0, 0.1) is 5.92 Å². The fourth-order valence-electron chi connectivity index (χ4n) is 2.25. The molecule has 1 heterocycles. The van der Waals surface area contributed by atoms with Crippen LogP contribution < -0.4 is 5.32 Å². The predicted octanol–water partition coefficient (Wildman–Crippen LogP) is 2.76. The van der Waals surface area contributed by atoms with Crippen LogP contribution in [-0.2, 0) is 11.3 Å². The molecule has 102 valence electrons. The highest BCUT2D eigenvalue weighted by molar-refractivity contribution is 5.83. The van der Waals surface area contributed by atoms with Gasteiger partial charge in [0.05, 0.1) is 0 Å². The molecule has 1 aromatic carbocycles. The van der Waals surface area contributed by atoms with Crippen LogP contribution in [0.5, 0.6) is 0 Å². The van der Waals surface area contributed by atoms with E-state index in [4.69, 9.17) is 0 Å². The van der Waals surface area contributed by atoms with Crippen molar-refractivity contribution in [1.29, 1.82) is 0 Å². The average molecular weight is 260 g/mol. The molecular weight excluding hydrogens is 240 g/mol. The number of para-hydroxylation sites is 1. The van der Waals surface area contributed by atoms with E-state index in [2.05, 4.69) is 10.3 Å². The minimum atomic E-state index is -0.784. The number of rotatable bonds is 6. The lowest BCUT2D eigenvalue weighted by Crippen LogP contribution is -2.37. The van der Waals surface area contributed by atoms with Gasteiger partial charge in [-0.05, 0) is 24.0 Å². The first-order chi connectivity index (χ1) is 9.08. The number of carbonyl (C=O) groups is 1. The van der Waals surface area contributed by atoms with Gasteiger partial charge in [-0.25, -0.2) is 0 Å². The van der Waals surface area contributed by atoms with Gasteiger partial charge in [0, 0.05) is 23.6 Å². The molecule has 0 radical (unpaired) electrons. The number of nitrogens with one attached hydrogen (secondary N) is 2. The van der Waals surface area contributed by atoms with Gasteiger partial charge in [-0.1, -0.05) is 32.0 Å². The fraction of sp³-hybridized carbons (Fsp3) is 0.400. The van der Waals surface area contributed by atoms with Crippen molar-refractivity contribution in [3.63, 3.8) is 0 Å². The Kier molecular flexibility index (Phi) is 4.22. The second kappa shape index (κ2) is 5.89. The van der Waals surface area contributed by atoms with Crippen LogP contribution in [0.3, 0.4) is 0 Å². The van der Waals surface area contributed by atoms with Gasteiger partial charge >= 0.3 is 5.97 Å². The first-order valence-electron chi connectivity index (χ1n) is 6.59. The van der Waals surface area contributed by atoms with Crippen molar-refractivity contribution in [2.75, 3.05) is 0 Å². The Morgan fingerprint density at radius 1 is 1.37 bits per heavy atom. The van der Waals surface area contributed by atoms with Gasteiger partial charge in [-0.3, -0.25) is 4.79 Å². The lowest BCUT2D eigenvalue weighted by molar-refractivity contribution is -0.140. The molecule has 4 nitrogen and oxygen atoms in total. The molecule has 0 amide bonds. The third kappa shape index (κ3) is 3.35. The second-order valence-corrected chi connectivity index (χ2v) is 5.26. The Morgan fingerprint density at radius 2 is 2.11 bits per heavy atom. The van der Waals surface area contributed by atoms with Crippen molar-refractivity contribution < 1.29 is 9.90 Å². The van der Waals surface area contributed by atoms with Crippen molar-refractivity contribution in [2.24, 2.45) is 5.92 Å². The normalized spacial score (nSPS) is 13.0. The van der Waals surface area contributed by atoms with Gasteiger partial charge < -0.3 is 15.4 Å². The number of hydrogen-bond acceptors (Lipinski definition) is 2. The minimum absolute atomic E-state index is 0.358. The SMILES string of the molecule is CC(C)C[C@H](NCc1c[nH]c2ccccc12)C(=O)O. The maximum atomic E-state index is 11.2. The molecule has 2 aromatic rings. The Labute approximate surface area is 112 Å². The summed E-state index contributed by atoms with van der Waals surface area (Å²) in [5, 5.41) is 13.5. The second-order valence-electron chi connectivity index (χ2n) is 5.26. The highest BCUT2D eigenvalue weighted by atomic mass is 16.4. The van der Waals surface area contributed by atoms with Gasteiger partial charge in [0.1, 0.15) is 6.04 Å². The van der Waals surface area contributed by atoms with Crippen LogP contribution in [0.2, 0.25) is 0 Å². The largest absolute Gasteiger partial charge is 0.480 e. The number of hydrogen-bond donors (Lipinski definition) is 3. The molecule has 0 aliphatic carbocycles. The Bertz CT molecular complexity index is 560. The van der Waals surface area contributed by atoms with E-state index in [0.29, 0.717) is 18.9 Å². The summed E-state index contributed by atoms with van der Waals surface area (Å²) in [6, 6.07) is 7.54. The zero-order valence-corrected chi connectivity index (χ0v) is 11.3. The molecule has 1 atom stereocenters. The number of H-pyrrole nitrogens is 1. The summed E-state index contributed by atoms with van der Waals surface area (Å²) in [6.45, 7) is 4.63. The lowest BCUT2D eigenvalue weighted by Gasteiger charge is -2.16. The van der Waals surface area contributed by atoms with Gasteiger partial charge in [0.2, 0.25) is 0 Å². The minimum Gasteiger partial charge on any atom is -0.480 e. The first-order valence-corrected chi connectivity index (χ1v) is 6.59. The molecule has 0 saturated carbocycles. The summed E-state index contributed by atoms with van der Waals surface area (Å²) >= 11 is 0. The highest BCUT2D eigenvalue weighted by Crippen LogP contribution is 2.17. The molecule has 19 heavy (non-hydrogen) atoms. The molecule has 0 aliphatic rings. The van der Waals surface area contributed by atoms with Crippen LogP contribution in [0.4, 0.5) is 0 Å². The number of aliphatic carboxylic acids is 1. The summed E-state index contributed by atoms with van der Waals surface area (Å²) in [5.41, 5.74) is 2.18. The molecule has 0 bridgehead atoms. The molecule has 4 heteroatoms. The summed E-state index contributed by atoms with van der Waals surface area (Å²) in [5.74, 6) is -0.426. The smallest absolute Gasteiger partial charge is 0.320 e. The maximum absolute atomic E-state index is 11.2. The maximum Gasteiger partial charge on any atom is 0.320 e. The molecular formula is C15H20N2O2. The predicted molar refractivity (Wildman–Crippen MR) is 76.0 cm³/mol.